The highest BCUT2D eigenvalue weighted by Gasteiger charge is 2.41. The summed E-state index contributed by atoms with van der Waals surface area (Å²) < 4.78 is 2.15. The number of nitrogens with zero attached hydrogens (tertiary/aromatic N) is 6. The summed E-state index contributed by atoms with van der Waals surface area (Å²) in [4.78, 5) is 31.2. The maximum absolute atomic E-state index is 12.9. The van der Waals surface area contributed by atoms with Gasteiger partial charge in [0.15, 0.2) is 0 Å². The van der Waals surface area contributed by atoms with Gasteiger partial charge >= 0.3 is 0 Å². The SMILES string of the molecule is CC1CN(Cc2ccc(Nc3ncc4cc5n(c4n3)C3CCCC3N(C)C5=O)nc2)CCN1. The van der Waals surface area contributed by atoms with Crippen LogP contribution in [0.1, 0.15) is 48.3 Å². The second kappa shape index (κ2) is 8.07. The number of anilines is 2. The van der Waals surface area contributed by atoms with Crippen LogP contribution in [0.25, 0.3) is 11.0 Å². The van der Waals surface area contributed by atoms with Crippen LogP contribution in [-0.4, -0.2) is 74.0 Å². The van der Waals surface area contributed by atoms with Crippen molar-refractivity contribution in [3.05, 3.63) is 41.9 Å². The molecule has 1 saturated carbocycles. The molecule has 9 heteroatoms. The monoisotopic (exact) mass is 446 g/mol. The Hall–Kier alpha value is -3.04. The molecule has 6 rings (SSSR count). The van der Waals surface area contributed by atoms with Gasteiger partial charge in [-0.05, 0) is 43.9 Å². The highest BCUT2D eigenvalue weighted by atomic mass is 16.2. The molecule has 9 nitrogen and oxygen atoms in total. The molecule has 0 spiro atoms. The van der Waals surface area contributed by atoms with E-state index in [9.17, 15) is 4.79 Å². The van der Waals surface area contributed by atoms with Gasteiger partial charge in [0.05, 0.1) is 12.1 Å². The van der Waals surface area contributed by atoms with E-state index >= 15 is 0 Å². The minimum atomic E-state index is 0.0711. The number of nitrogens with one attached hydrogen (secondary N) is 2. The minimum Gasteiger partial charge on any atom is -0.335 e. The minimum absolute atomic E-state index is 0.0711. The molecule has 2 aliphatic heterocycles. The van der Waals surface area contributed by atoms with Crippen LogP contribution in [0.2, 0.25) is 0 Å². The van der Waals surface area contributed by atoms with Crippen LogP contribution in [-0.2, 0) is 6.54 Å². The molecule has 2 N–H and O–H groups in total. The zero-order valence-corrected chi connectivity index (χ0v) is 19.2. The summed E-state index contributed by atoms with van der Waals surface area (Å²) in [5.41, 5.74) is 2.73. The molecule has 1 amide bonds. The molecular weight excluding hydrogens is 416 g/mol. The van der Waals surface area contributed by atoms with Crippen molar-refractivity contribution in [1.29, 1.82) is 0 Å². The van der Waals surface area contributed by atoms with Crippen LogP contribution in [0, 0.1) is 0 Å². The van der Waals surface area contributed by atoms with Gasteiger partial charge in [-0.1, -0.05) is 6.07 Å². The Morgan fingerprint density at radius 2 is 2.06 bits per heavy atom. The predicted molar refractivity (Wildman–Crippen MR) is 127 cm³/mol. The number of hydrogen-bond donors (Lipinski definition) is 2. The zero-order valence-electron chi connectivity index (χ0n) is 19.2. The maximum Gasteiger partial charge on any atom is 0.270 e. The first-order valence-corrected chi connectivity index (χ1v) is 11.9. The van der Waals surface area contributed by atoms with E-state index in [1.807, 2.05) is 30.3 Å². The summed E-state index contributed by atoms with van der Waals surface area (Å²) in [5, 5.41) is 7.62. The van der Waals surface area contributed by atoms with E-state index in [-0.39, 0.29) is 18.0 Å². The van der Waals surface area contributed by atoms with Gasteiger partial charge in [0, 0.05) is 57.0 Å². The van der Waals surface area contributed by atoms with Crippen molar-refractivity contribution in [1.82, 2.24) is 34.6 Å². The van der Waals surface area contributed by atoms with E-state index in [1.165, 1.54) is 5.56 Å². The molecule has 0 bridgehead atoms. The zero-order chi connectivity index (χ0) is 22.5. The Kier molecular flexibility index (Phi) is 5.03. The summed E-state index contributed by atoms with van der Waals surface area (Å²) >= 11 is 0. The second-order valence-corrected chi connectivity index (χ2v) is 9.62. The lowest BCUT2D eigenvalue weighted by Gasteiger charge is -2.36. The number of carbonyl (C=O) groups excluding carboxylic acids is 1. The topological polar surface area (TPSA) is 91.2 Å². The number of carbonyl (C=O) groups is 1. The maximum atomic E-state index is 12.9. The first-order chi connectivity index (χ1) is 16.1. The summed E-state index contributed by atoms with van der Waals surface area (Å²) in [6.45, 7) is 6.26. The lowest BCUT2D eigenvalue weighted by atomic mass is 10.1. The summed E-state index contributed by atoms with van der Waals surface area (Å²) in [6.07, 6.45) is 6.97. The Morgan fingerprint density at radius 3 is 2.88 bits per heavy atom. The first-order valence-electron chi connectivity index (χ1n) is 11.9. The Balaban J connectivity index is 1.23. The molecule has 3 atom stereocenters. The number of pyridine rings is 1. The molecule has 172 valence electrons. The largest absolute Gasteiger partial charge is 0.335 e. The average Bonchev–Trinajstić information content (AvgIpc) is 3.43. The van der Waals surface area contributed by atoms with Crippen molar-refractivity contribution in [2.75, 3.05) is 32.0 Å². The van der Waals surface area contributed by atoms with Gasteiger partial charge in [-0.15, -0.1) is 0 Å². The van der Waals surface area contributed by atoms with Gasteiger partial charge in [-0.2, -0.15) is 4.98 Å². The molecule has 3 aromatic rings. The third-order valence-electron chi connectivity index (χ3n) is 7.31. The quantitative estimate of drug-likeness (QED) is 0.636. The molecule has 5 heterocycles. The van der Waals surface area contributed by atoms with Crippen molar-refractivity contribution >= 4 is 28.7 Å². The predicted octanol–water partition coefficient (Wildman–Crippen LogP) is 2.54. The summed E-state index contributed by atoms with van der Waals surface area (Å²) in [5.74, 6) is 1.29. The third kappa shape index (κ3) is 3.65. The van der Waals surface area contributed by atoms with Gasteiger partial charge in [-0.3, -0.25) is 9.69 Å². The number of piperazine rings is 1. The number of amides is 1. The Morgan fingerprint density at radius 1 is 1.18 bits per heavy atom. The first kappa shape index (κ1) is 20.6. The fraction of sp³-hybridized carbons (Fsp3) is 0.500. The van der Waals surface area contributed by atoms with Crippen molar-refractivity contribution in [2.24, 2.45) is 0 Å². The normalized spacial score (nSPS) is 25.3. The van der Waals surface area contributed by atoms with Gasteiger partial charge in [0.25, 0.3) is 5.91 Å². The number of aromatic nitrogens is 4. The molecule has 3 aliphatic rings. The highest BCUT2D eigenvalue weighted by Crippen LogP contribution is 2.41. The molecule has 1 aliphatic carbocycles. The van der Waals surface area contributed by atoms with Crippen LogP contribution in [0.5, 0.6) is 0 Å². The molecule has 2 fully saturated rings. The lowest BCUT2D eigenvalue weighted by molar-refractivity contribution is 0.0632. The van der Waals surface area contributed by atoms with E-state index in [0.717, 1.165) is 56.5 Å². The second-order valence-electron chi connectivity index (χ2n) is 9.62. The molecule has 0 radical (unpaired) electrons. The number of rotatable bonds is 4. The Labute approximate surface area is 193 Å². The molecular formula is C24H30N8O. The molecule has 33 heavy (non-hydrogen) atoms. The van der Waals surface area contributed by atoms with E-state index in [0.29, 0.717) is 23.5 Å². The van der Waals surface area contributed by atoms with Crippen molar-refractivity contribution < 1.29 is 4.79 Å². The van der Waals surface area contributed by atoms with E-state index < -0.39 is 0 Å². The summed E-state index contributed by atoms with van der Waals surface area (Å²) in [7, 11) is 1.92. The summed E-state index contributed by atoms with van der Waals surface area (Å²) in [6, 6.07) is 7.07. The Bertz CT molecular complexity index is 1190. The fourth-order valence-corrected chi connectivity index (χ4v) is 5.69. The highest BCUT2D eigenvalue weighted by molar-refractivity contribution is 5.99. The van der Waals surface area contributed by atoms with E-state index in [2.05, 4.69) is 43.1 Å². The number of likely N-dealkylation sites (N-methyl/N-ethyl adjacent to an activating group) is 1. The lowest BCUT2D eigenvalue weighted by Crippen LogP contribution is -2.48. The molecule has 3 aromatic heterocycles. The van der Waals surface area contributed by atoms with E-state index in [1.54, 1.807) is 6.20 Å². The molecule has 1 saturated heterocycles. The van der Waals surface area contributed by atoms with Crippen LogP contribution < -0.4 is 10.6 Å². The van der Waals surface area contributed by atoms with Crippen LogP contribution in [0.15, 0.2) is 30.6 Å². The average molecular weight is 447 g/mol. The number of fused-ring (bicyclic) bond motifs is 5. The standard InChI is InChI=1S/C24H30N8O/c1-15-13-31(9-8-25-15)14-16-6-7-21(26-11-16)28-24-27-12-17-10-20-23(33)30(2)18-4-3-5-19(18)32(20)22(17)29-24/h6-7,10-12,15,18-19,25H,3-5,8-9,13-14H2,1-2H3,(H,26,27,28,29). The smallest absolute Gasteiger partial charge is 0.270 e. The van der Waals surface area contributed by atoms with Gasteiger partial charge in [0.1, 0.15) is 17.2 Å². The van der Waals surface area contributed by atoms with Crippen LogP contribution >= 0.6 is 0 Å². The van der Waals surface area contributed by atoms with Crippen molar-refractivity contribution in [3.63, 3.8) is 0 Å². The van der Waals surface area contributed by atoms with Crippen LogP contribution in [0.4, 0.5) is 11.8 Å². The number of hydrogen-bond acceptors (Lipinski definition) is 7. The van der Waals surface area contributed by atoms with Gasteiger partial charge in [-0.25, -0.2) is 9.97 Å². The third-order valence-corrected chi connectivity index (χ3v) is 7.31. The molecule has 0 aromatic carbocycles. The van der Waals surface area contributed by atoms with Gasteiger partial charge < -0.3 is 20.1 Å². The van der Waals surface area contributed by atoms with Gasteiger partial charge in [0.2, 0.25) is 5.95 Å². The molecule has 3 unspecified atom stereocenters. The van der Waals surface area contributed by atoms with Crippen LogP contribution in [0.3, 0.4) is 0 Å². The van der Waals surface area contributed by atoms with E-state index in [4.69, 9.17) is 4.98 Å². The van der Waals surface area contributed by atoms with Crippen molar-refractivity contribution in [2.45, 2.75) is 50.9 Å². The fourth-order valence-electron chi connectivity index (χ4n) is 5.69. The van der Waals surface area contributed by atoms with Crippen molar-refractivity contribution in [3.8, 4) is 0 Å².